The summed E-state index contributed by atoms with van der Waals surface area (Å²) < 4.78 is 5.18. The van der Waals surface area contributed by atoms with Crippen LogP contribution in [0.1, 0.15) is 5.56 Å². The number of hydrogen-bond acceptors (Lipinski definition) is 5. The Morgan fingerprint density at radius 1 is 1.44 bits per heavy atom. The van der Waals surface area contributed by atoms with Crippen molar-refractivity contribution in [2.24, 2.45) is 4.99 Å². The number of anilines is 1. The fourth-order valence-corrected chi connectivity index (χ4v) is 3.88. The van der Waals surface area contributed by atoms with E-state index in [0.29, 0.717) is 33.1 Å². The molecule has 0 radical (unpaired) electrons. The summed E-state index contributed by atoms with van der Waals surface area (Å²) in [5.74, 6) is 1.03. The first-order valence-electron chi connectivity index (χ1n) is 7.38. The molecular weight excluding hydrogens is 376 g/mol. The van der Waals surface area contributed by atoms with Gasteiger partial charge in [0.15, 0.2) is 5.17 Å². The Hall–Kier alpha value is -2.02. The highest BCUT2D eigenvalue weighted by Gasteiger charge is 2.32. The molecule has 2 aromatic rings. The number of benzene rings is 1. The molecule has 25 heavy (non-hydrogen) atoms. The Kier molecular flexibility index (Phi) is 5.63. The smallest absolute Gasteiger partial charge is 0.283 e. The summed E-state index contributed by atoms with van der Waals surface area (Å²) in [5.41, 5.74) is 2.01. The Labute approximate surface area is 159 Å². The zero-order valence-corrected chi connectivity index (χ0v) is 15.8. The molecule has 3 rings (SSSR count). The number of carbonyl (C=O) groups is 1. The van der Waals surface area contributed by atoms with E-state index < -0.39 is 0 Å². The van der Waals surface area contributed by atoms with Crippen molar-refractivity contribution < 1.29 is 9.53 Å². The van der Waals surface area contributed by atoms with Crippen LogP contribution in [0.3, 0.4) is 0 Å². The predicted molar refractivity (Wildman–Crippen MR) is 108 cm³/mol. The lowest BCUT2D eigenvalue weighted by Gasteiger charge is -2.18. The highest BCUT2D eigenvalue weighted by Crippen LogP contribution is 2.34. The van der Waals surface area contributed by atoms with Gasteiger partial charge < -0.3 is 4.74 Å². The maximum absolute atomic E-state index is 12.9. The largest absolute Gasteiger partial charge is 0.495 e. The number of rotatable bonds is 5. The minimum atomic E-state index is -0.181. The minimum Gasteiger partial charge on any atom is -0.495 e. The van der Waals surface area contributed by atoms with Crippen LogP contribution in [0.2, 0.25) is 5.02 Å². The number of ether oxygens (including phenoxy) is 1. The third kappa shape index (κ3) is 3.81. The molecule has 0 unspecified atom stereocenters. The van der Waals surface area contributed by atoms with Crippen LogP contribution in [-0.4, -0.2) is 23.9 Å². The van der Waals surface area contributed by atoms with E-state index in [4.69, 9.17) is 16.3 Å². The number of carbonyl (C=O) groups excluding carboxylic acids is 1. The highest BCUT2D eigenvalue weighted by molar-refractivity contribution is 8.14. The summed E-state index contributed by atoms with van der Waals surface area (Å²) >= 11 is 9.24. The SMILES string of the molecule is C=CCSC1=N/C(=C\c2ccsc2)C(=O)N1c1ccc(OC)c(Cl)c1. The third-order valence-corrected chi connectivity index (χ3v) is 5.33. The van der Waals surface area contributed by atoms with E-state index in [1.807, 2.05) is 16.8 Å². The summed E-state index contributed by atoms with van der Waals surface area (Å²) in [4.78, 5) is 19.0. The van der Waals surface area contributed by atoms with Gasteiger partial charge in [-0.05, 0) is 46.7 Å². The van der Waals surface area contributed by atoms with Crippen molar-refractivity contribution in [2.45, 2.75) is 0 Å². The molecule has 4 nitrogen and oxygen atoms in total. The van der Waals surface area contributed by atoms with E-state index in [0.717, 1.165) is 5.56 Å². The van der Waals surface area contributed by atoms with Crippen molar-refractivity contribution in [2.75, 3.05) is 17.8 Å². The fourth-order valence-electron chi connectivity index (χ4n) is 2.26. The van der Waals surface area contributed by atoms with Gasteiger partial charge in [-0.15, -0.1) is 6.58 Å². The molecule has 128 valence electrons. The van der Waals surface area contributed by atoms with E-state index in [1.165, 1.54) is 11.8 Å². The lowest BCUT2D eigenvalue weighted by atomic mass is 10.2. The second-order valence-corrected chi connectivity index (χ2v) is 7.21. The first-order valence-corrected chi connectivity index (χ1v) is 9.69. The maximum Gasteiger partial charge on any atom is 0.283 e. The number of nitrogens with zero attached hydrogens (tertiary/aromatic N) is 2. The molecule has 0 saturated carbocycles. The quantitative estimate of drug-likeness (QED) is 0.528. The third-order valence-electron chi connectivity index (χ3n) is 3.40. The average Bonchev–Trinajstić information content (AvgIpc) is 3.22. The zero-order valence-electron chi connectivity index (χ0n) is 13.4. The molecule has 1 aliphatic rings. The zero-order chi connectivity index (χ0) is 17.8. The van der Waals surface area contributed by atoms with Crippen molar-refractivity contribution in [3.8, 4) is 5.75 Å². The molecule has 0 atom stereocenters. The van der Waals surface area contributed by atoms with Gasteiger partial charge in [-0.1, -0.05) is 29.4 Å². The molecular formula is C18H15ClN2O2S2. The predicted octanol–water partition coefficient (Wildman–Crippen LogP) is 5.07. The summed E-state index contributed by atoms with van der Waals surface area (Å²) in [5, 5.41) is 4.98. The number of halogens is 1. The fraction of sp³-hybridized carbons (Fsp3) is 0.111. The average molecular weight is 391 g/mol. The van der Waals surface area contributed by atoms with Gasteiger partial charge >= 0.3 is 0 Å². The van der Waals surface area contributed by atoms with Gasteiger partial charge in [0.25, 0.3) is 5.91 Å². The highest BCUT2D eigenvalue weighted by atomic mass is 35.5. The van der Waals surface area contributed by atoms with Crippen LogP contribution in [-0.2, 0) is 4.79 Å². The number of thioether (sulfide) groups is 1. The summed E-state index contributed by atoms with van der Waals surface area (Å²) in [6.07, 6.45) is 3.57. The standard InChI is InChI=1S/C18H15ClN2O2S2/c1-3-7-25-18-20-15(9-12-6-8-24-11-12)17(22)21(18)13-4-5-16(23-2)14(19)10-13/h3-6,8-11H,1,7H2,2H3/b15-9-. The number of hydrogen-bond donors (Lipinski definition) is 0. The van der Waals surface area contributed by atoms with Crippen LogP contribution in [0, 0.1) is 0 Å². The normalized spacial score (nSPS) is 15.6. The van der Waals surface area contributed by atoms with Gasteiger partial charge in [-0.25, -0.2) is 4.99 Å². The summed E-state index contributed by atoms with van der Waals surface area (Å²) in [6.45, 7) is 3.72. The molecule has 1 aromatic carbocycles. The van der Waals surface area contributed by atoms with Gasteiger partial charge in [-0.3, -0.25) is 9.69 Å². The molecule has 7 heteroatoms. The second-order valence-electron chi connectivity index (χ2n) is 5.04. The maximum atomic E-state index is 12.9. The van der Waals surface area contributed by atoms with E-state index in [-0.39, 0.29) is 5.91 Å². The van der Waals surface area contributed by atoms with Crippen molar-refractivity contribution in [3.05, 3.63) is 64.0 Å². The number of methoxy groups -OCH3 is 1. The Morgan fingerprint density at radius 2 is 2.28 bits per heavy atom. The van der Waals surface area contributed by atoms with E-state index >= 15 is 0 Å². The van der Waals surface area contributed by atoms with Gasteiger partial charge in [-0.2, -0.15) is 11.3 Å². The van der Waals surface area contributed by atoms with Crippen LogP contribution >= 0.6 is 34.7 Å². The van der Waals surface area contributed by atoms with Crippen molar-refractivity contribution >= 4 is 57.5 Å². The first kappa shape index (κ1) is 17.8. The Bertz CT molecular complexity index is 860. The van der Waals surface area contributed by atoms with E-state index in [9.17, 15) is 4.79 Å². The molecule has 0 spiro atoms. The van der Waals surface area contributed by atoms with Crippen molar-refractivity contribution in [1.82, 2.24) is 0 Å². The Morgan fingerprint density at radius 3 is 2.92 bits per heavy atom. The molecule has 0 bridgehead atoms. The molecule has 0 aliphatic carbocycles. The molecule has 0 saturated heterocycles. The number of amidine groups is 1. The van der Waals surface area contributed by atoms with Gasteiger partial charge in [0, 0.05) is 5.75 Å². The van der Waals surface area contributed by atoms with Crippen LogP contribution in [0.15, 0.2) is 58.4 Å². The summed E-state index contributed by atoms with van der Waals surface area (Å²) in [6, 6.07) is 7.18. The molecule has 0 N–H and O–H groups in total. The topological polar surface area (TPSA) is 41.9 Å². The Balaban J connectivity index is 1.99. The van der Waals surface area contributed by atoms with Crippen LogP contribution < -0.4 is 9.64 Å². The van der Waals surface area contributed by atoms with Gasteiger partial charge in [0.1, 0.15) is 11.4 Å². The molecule has 1 aromatic heterocycles. The first-order chi connectivity index (χ1) is 12.1. The van der Waals surface area contributed by atoms with Crippen molar-refractivity contribution in [3.63, 3.8) is 0 Å². The van der Waals surface area contributed by atoms with Crippen LogP contribution in [0.5, 0.6) is 5.75 Å². The number of amides is 1. The monoisotopic (exact) mass is 390 g/mol. The number of aliphatic imine (C=N–C) groups is 1. The van der Waals surface area contributed by atoms with E-state index in [2.05, 4.69) is 11.6 Å². The lowest BCUT2D eigenvalue weighted by molar-refractivity contribution is -0.113. The molecule has 1 aliphatic heterocycles. The second kappa shape index (κ2) is 7.91. The molecule has 2 heterocycles. The minimum absolute atomic E-state index is 0.181. The van der Waals surface area contributed by atoms with Crippen molar-refractivity contribution in [1.29, 1.82) is 0 Å². The molecule has 1 amide bonds. The lowest BCUT2D eigenvalue weighted by Crippen LogP contribution is -2.30. The molecule has 0 fully saturated rings. The van der Waals surface area contributed by atoms with Gasteiger partial charge in [0.05, 0.1) is 17.8 Å². The van der Waals surface area contributed by atoms with E-state index in [1.54, 1.807) is 53.7 Å². The number of thiophene rings is 1. The van der Waals surface area contributed by atoms with Crippen LogP contribution in [0.4, 0.5) is 5.69 Å². The van der Waals surface area contributed by atoms with Gasteiger partial charge in [0.2, 0.25) is 0 Å². The summed E-state index contributed by atoms with van der Waals surface area (Å²) in [7, 11) is 1.55. The van der Waals surface area contributed by atoms with Crippen LogP contribution in [0.25, 0.3) is 6.08 Å².